The van der Waals surface area contributed by atoms with Crippen LogP contribution in [-0.2, 0) is 14.8 Å². The van der Waals surface area contributed by atoms with E-state index < -0.39 is 10.0 Å². The second-order valence-electron chi connectivity index (χ2n) is 3.63. The fraction of sp³-hybridized carbons (Fsp3) is 1.00. The van der Waals surface area contributed by atoms with Gasteiger partial charge in [0.2, 0.25) is 10.0 Å². The number of unbranched alkanes of at least 4 members (excludes halogenated alkanes) is 1. The first kappa shape index (κ1) is 17.6. The smallest absolute Gasteiger partial charge is 0.216 e. The summed E-state index contributed by atoms with van der Waals surface area (Å²) in [5, 5.41) is -0.297. The van der Waals surface area contributed by atoms with Crippen LogP contribution in [0.25, 0.3) is 0 Å². The van der Waals surface area contributed by atoms with Gasteiger partial charge in [0.15, 0.2) is 0 Å². The number of hydrogen-bond donors (Lipinski definition) is 0. The van der Waals surface area contributed by atoms with Crippen LogP contribution in [-0.4, -0.2) is 45.8 Å². The zero-order valence-electron chi connectivity index (χ0n) is 9.99. The Labute approximate surface area is 100 Å². The summed E-state index contributed by atoms with van der Waals surface area (Å²) in [6, 6.07) is 0. The van der Waals surface area contributed by atoms with Crippen molar-refractivity contribution in [1.29, 1.82) is 0 Å². The average Bonchev–Trinajstić information content (AvgIpc) is 2.11. The van der Waals surface area contributed by atoms with Gasteiger partial charge in [0.25, 0.3) is 0 Å². The molecule has 0 aromatic carbocycles. The highest BCUT2D eigenvalue weighted by atomic mass is 32.2. The molecule has 0 rings (SSSR count). The van der Waals surface area contributed by atoms with Gasteiger partial charge in [0.1, 0.15) is 0 Å². The normalized spacial score (nSPS) is 13.7. The highest BCUT2D eigenvalue weighted by molar-refractivity contribution is 7.89. The molecular weight excluding hydrogens is 234 g/mol. The van der Waals surface area contributed by atoms with E-state index in [4.69, 9.17) is 4.74 Å². The number of hydrogen-bond acceptors (Lipinski definition) is 3. The lowest BCUT2D eigenvalue weighted by Crippen LogP contribution is -2.31. The van der Waals surface area contributed by atoms with Gasteiger partial charge >= 0.3 is 0 Å². The fourth-order valence-electron chi connectivity index (χ4n) is 1.19. The van der Waals surface area contributed by atoms with Gasteiger partial charge in [-0.25, -0.2) is 12.7 Å². The third kappa shape index (κ3) is 6.40. The molecule has 15 heavy (non-hydrogen) atoms. The van der Waals surface area contributed by atoms with Crippen molar-refractivity contribution in [3.63, 3.8) is 0 Å². The molecule has 4 nitrogen and oxygen atoms in total. The third-order valence-electron chi connectivity index (χ3n) is 2.23. The largest absolute Gasteiger partial charge is 0.385 e. The Morgan fingerprint density at radius 2 is 1.80 bits per heavy atom. The monoisotopic (exact) mass is 257 g/mol. The van der Waals surface area contributed by atoms with Crippen molar-refractivity contribution < 1.29 is 13.2 Å². The van der Waals surface area contributed by atoms with Gasteiger partial charge in [0.05, 0.1) is 5.25 Å². The van der Waals surface area contributed by atoms with Crippen LogP contribution < -0.4 is 0 Å². The molecule has 0 aliphatic carbocycles. The predicted octanol–water partition coefficient (Wildman–Crippen LogP) is 1.20. The van der Waals surface area contributed by atoms with Crippen molar-refractivity contribution in [2.75, 3.05) is 27.8 Å². The molecule has 0 bridgehead atoms. The van der Waals surface area contributed by atoms with Crippen LogP contribution in [0.4, 0.5) is 0 Å². The van der Waals surface area contributed by atoms with E-state index in [0.29, 0.717) is 13.0 Å². The van der Waals surface area contributed by atoms with Gasteiger partial charge in [-0.1, -0.05) is 0 Å². The number of nitrogens with zero attached hydrogens (tertiary/aromatic N) is 1. The lowest BCUT2D eigenvalue weighted by Gasteiger charge is -2.17. The summed E-state index contributed by atoms with van der Waals surface area (Å²) in [7, 11) is 1.72. The van der Waals surface area contributed by atoms with E-state index in [2.05, 4.69) is 0 Å². The van der Waals surface area contributed by atoms with Crippen molar-refractivity contribution in [2.24, 2.45) is 0 Å². The van der Waals surface area contributed by atoms with Crippen molar-refractivity contribution >= 4 is 23.5 Å². The van der Waals surface area contributed by atoms with Gasteiger partial charge < -0.3 is 4.74 Å². The Morgan fingerprint density at radius 1 is 1.27 bits per heavy atom. The van der Waals surface area contributed by atoms with E-state index in [0.717, 1.165) is 12.8 Å². The Bertz CT molecular complexity index is 240. The lowest BCUT2D eigenvalue weighted by molar-refractivity contribution is 0.192. The topological polar surface area (TPSA) is 46.6 Å². The van der Waals surface area contributed by atoms with Gasteiger partial charge in [-0.05, 0) is 26.2 Å². The molecule has 94 valence electrons. The van der Waals surface area contributed by atoms with E-state index in [-0.39, 0.29) is 18.7 Å². The Kier molecular flexibility index (Phi) is 9.84. The predicted molar refractivity (Wildman–Crippen MR) is 68.2 cm³/mol. The molecule has 0 fully saturated rings. The van der Waals surface area contributed by atoms with Crippen LogP contribution in [0.1, 0.15) is 26.2 Å². The van der Waals surface area contributed by atoms with Gasteiger partial charge in [0, 0.05) is 27.8 Å². The van der Waals surface area contributed by atoms with Crippen LogP contribution in [0.15, 0.2) is 0 Å². The summed E-state index contributed by atoms with van der Waals surface area (Å²) in [4.78, 5) is 0. The highest BCUT2D eigenvalue weighted by Gasteiger charge is 2.22. The quantitative estimate of drug-likeness (QED) is 0.644. The minimum atomic E-state index is -3.07. The molecule has 0 saturated heterocycles. The molecule has 0 spiro atoms. The first-order chi connectivity index (χ1) is 6.42. The van der Waals surface area contributed by atoms with E-state index in [1.807, 2.05) is 0 Å². The van der Waals surface area contributed by atoms with Crippen LogP contribution >= 0.6 is 13.5 Å². The molecule has 0 unspecified atom stereocenters. The van der Waals surface area contributed by atoms with Crippen molar-refractivity contribution in [3.8, 4) is 0 Å². The van der Waals surface area contributed by atoms with Crippen LogP contribution in [0.5, 0.6) is 0 Å². The molecule has 6 heteroatoms. The second-order valence-corrected chi connectivity index (χ2v) is 6.19. The summed E-state index contributed by atoms with van der Waals surface area (Å²) >= 11 is 0. The Morgan fingerprint density at radius 3 is 2.20 bits per heavy atom. The standard InChI is InChI=1S/C9H21NO3S.H2S/c1-9(7-5-6-8-13-4)14(11,12)10(2)3;/h9H,5-8H2,1-4H3;1H2/t9-;/m1./s1. The first-order valence-electron chi connectivity index (χ1n) is 4.83. The minimum absolute atomic E-state index is 0. The van der Waals surface area contributed by atoms with E-state index in [1.54, 1.807) is 28.1 Å². The van der Waals surface area contributed by atoms with E-state index in [9.17, 15) is 8.42 Å². The molecule has 0 N–H and O–H groups in total. The Hall–Kier alpha value is 0.220. The maximum absolute atomic E-state index is 11.6. The number of methoxy groups -OCH3 is 1. The van der Waals surface area contributed by atoms with Crippen molar-refractivity contribution in [2.45, 2.75) is 31.4 Å². The maximum Gasteiger partial charge on any atom is 0.216 e. The summed E-state index contributed by atoms with van der Waals surface area (Å²) < 4.78 is 29.4. The van der Waals surface area contributed by atoms with Crippen LogP contribution in [0, 0.1) is 0 Å². The number of sulfonamides is 1. The average molecular weight is 257 g/mol. The number of rotatable bonds is 7. The molecule has 0 amide bonds. The van der Waals surface area contributed by atoms with Gasteiger partial charge in [-0.3, -0.25) is 0 Å². The fourth-order valence-corrected chi connectivity index (χ4v) is 2.37. The minimum Gasteiger partial charge on any atom is -0.385 e. The molecule has 0 aromatic rings. The maximum atomic E-state index is 11.6. The molecule has 1 atom stereocenters. The van der Waals surface area contributed by atoms with Gasteiger partial charge in [-0.15, -0.1) is 0 Å². The molecule has 0 aliphatic rings. The second kappa shape index (κ2) is 8.38. The SMILES string of the molecule is COCCCC[C@@H](C)S(=O)(=O)N(C)C.S. The molecule has 0 aromatic heterocycles. The van der Waals surface area contributed by atoms with Crippen molar-refractivity contribution in [1.82, 2.24) is 4.31 Å². The van der Waals surface area contributed by atoms with Gasteiger partial charge in [-0.2, -0.15) is 13.5 Å². The summed E-state index contributed by atoms with van der Waals surface area (Å²) in [6.07, 6.45) is 2.51. The van der Waals surface area contributed by atoms with E-state index >= 15 is 0 Å². The van der Waals surface area contributed by atoms with Crippen LogP contribution in [0.3, 0.4) is 0 Å². The first-order valence-corrected chi connectivity index (χ1v) is 6.33. The molecular formula is C9H23NO3S2. The van der Waals surface area contributed by atoms with E-state index in [1.165, 1.54) is 4.31 Å². The zero-order chi connectivity index (χ0) is 11.2. The zero-order valence-corrected chi connectivity index (χ0v) is 11.8. The molecule has 0 aliphatic heterocycles. The highest BCUT2D eigenvalue weighted by Crippen LogP contribution is 2.12. The molecule has 0 heterocycles. The summed E-state index contributed by atoms with van der Waals surface area (Å²) in [6.45, 7) is 2.46. The summed E-state index contributed by atoms with van der Waals surface area (Å²) in [5.74, 6) is 0. The molecule has 0 saturated carbocycles. The number of ether oxygens (including phenoxy) is 1. The Balaban J connectivity index is 0. The van der Waals surface area contributed by atoms with Crippen LogP contribution in [0.2, 0.25) is 0 Å². The lowest BCUT2D eigenvalue weighted by atomic mass is 10.2. The molecule has 0 radical (unpaired) electrons. The summed E-state index contributed by atoms with van der Waals surface area (Å²) in [5.41, 5.74) is 0. The third-order valence-corrected chi connectivity index (χ3v) is 4.50. The van der Waals surface area contributed by atoms with Crippen molar-refractivity contribution in [3.05, 3.63) is 0 Å².